The van der Waals surface area contributed by atoms with E-state index in [1.54, 1.807) is 11.0 Å². The zero-order valence-corrected chi connectivity index (χ0v) is 17.4. The Morgan fingerprint density at radius 2 is 1.52 bits per heavy atom. The number of hydrogen-bond acceptors (Lipinski definition) is 3. The topological polar surface area (TPSA) is 58.6 Å². The monoisotopic (exact) mass is 414 g/mol. The Morgan fingerprint density at radius 3 is 2.16 bits per heavy atom. The van der Waals surface area contributed by atoms with E-state index in [0.717, 1.165) is 16.8 Å². The summed E-state index contributed by atoms with van der Waals surface area (Å²) in [5.74, 6) is 0.432. The first-order valence-electron chi connectivity index (χ1n) is 10.1. The molecule has 0 atom stereocenters. The van der Waals surface area contributed by atoms with Gasteiger partial charge in [-0.05, 0) is 35.4 Å². The van der Waals surface area contributed by atoms with Crippen molar-refractivity contribution >= 4 is 17.5 Å². The third-order valence-corrected chi connectivity index (χ3v) is 4.65. The Balaban J connectivity index is 1.73. The zero-order chi connectivity index (χ0) is 21.9. The number of ether oxygens (including phenoxy) is 1. The van der Waals surface area contributed by atoms with E-state index in [1.807, 2.05) is 84.9 Å². The van der Waals surface area contributed by atoms with E-state index >= 15 is 0 Å². The van der Waals surface area contributed by atoms with Crippen LogP contribution in [-0.2, 0) is 22.6 Å². The maximum atomic E-state index is 13.0. The standard InChI is InChI=1S/C26H26N2O3/c1-2-17-27-25(29)18-21-13-15-23(16-14-21)28(19-22-9-5-3-6-10-22)26(30)20-31-24-11-7-4-8-12-24/h2-16H,1,17-20H2,(H,27,29). The van der Waals surface area contributed by atoms with Crippen LogP contribution in [0.3, 0.4) is 0 Å². The molecule has 5 heteroatoms. The summed E-state index contributed by atoms with van der Waals surface area (Å²) in [4.78, 5) is 26.6. The first-order chi connectivity index (χ1) is 15.2. The predicted octanol–water partition coefficient (Wildman–Crippen LogP) is 4.14. The van der Waals surface area contributed by atoms with Crippen molar-refractivity contribution in [3.63, 3.8) is 0 Å². The Kier molecular flexibility index (Phi) is 8.00. The molecule has 0 heterocycles. The summed E-state index contributed by atoms with van der Waals surface area (Å²) in [5.41, 5.74) is 2.64. The van der Waals surface area contributed by atoms with Crippen LogP contribution >= 0.6 is 0 Å². The van der Waals surface area contributed by atoms with Crippen LogP contribution in [0.2, 0.25) is 0 Å². The lowest BCUT2D eigenvalue weighted by Crippen LogP contribution is -2.34. The molecule has 0 radical (unpaired) electrons. The van der Waals surface area contributed by atoms with Gasteiger partial charge >= 0.3 is 0 Å². The molecule has 0 fully saturated rings. The molecule has 0 unspecified atom stereocenters. The van der Waals surface area contributed by atoms with Crippen molar-refractivity contribution in [3.05, 3.63) is 109 Å². The highest BCUT2D eigenvalue weighted by Crippen LogP contribution is 2.20. The van der Waals surface area contributed by atoms with Gasteiger partial charge in [0.1, 0.15) is 5.75 Å². The Bertz CT molecular complexity index is 986. The number of anilines is 1. The smallest absolute Gasteiger partial charge is 0.265 e. The molecule has 158 valence electrons. The van der Waals surface area contributed by atoms with Gasteiger partial charge in [0.25, 0.3) is 5.91 Å². The summed E-state index contributed by atoms with van der Waals surface area (Å²) in [6, 6.07) is 26.5. The third kappa shape index (κ3) is 6.85. The van der Waals surface area contributed by atoms with E-state index < -0.39 is 0 Å². The van der Waals surface area contributed by atoms with E-state index in [4.69, 9.17) is 4.74 Å². The quantitative estimate of drug-likeness (QED) is 0.507. The maximum Gasteiger partial charge on any atom is 0.265 e. The van der Waals surface area contributed by atoms with Crippen molar-refractivity contribution < 1.29 is 14.3 Å². The van der Waals surface area contributed by atoms with Gasteiger partial charge in [0.15, 0.2) is 6.61 Å². The second-order valence-corrected chi connectivity index (χ2v) is 7.00. The summed E-state index contributed by atoms with van der Waals surface area (Å²) < 4.78 is 5.67. The van der Waals surface area contributed by atoms with Crippen molar-refractivity contribution in [2.75, 3.05) is 18.1 Å². The van der Waals surface area contributed by atoms with E-state index in [-0.39, 0.29) is 24.8 Å². The van der Waals surface area contributed by atoms with Gasteiger partial charge in [-0.3, -0.25) is 9.59 Å². The highest BCUT2D eigenvalue weighted by atomic mass is 16.5. The number of nitrogens with one attached hydrogen (secondary N) is 1. The minimum atomic E-state index is -0.149. The molecular formula is C26H26N2O3. The number of carbonyl (C=O) groups is 2. The van der Waals surface area contributed by atoms with Crippen molar-refractivity contribution in [3.8, 4) is 5.75 Å². The van der Waals surface area contributed by atoms with Crippen molar-refractivity contribution in [2.45, 2.75) is 13.0 Å². The van der Waals surface area contributed by atoms with Crippen LogP contribution in [0.4, 0.5) is 5.69 Å². The molecule has 3 rings (SSSR count). The number of carbonyl (C=O) groups excluding carboxylic acids is 2. The van der Waals surface area contributed by atoms with Gasteiger partial charge in [-0.15, -0.1) is 6.58 Å². The molecule has 0 spiro atoms. The molecule has 0 saturated carbocycles. The molecule has 0 bridgehead atoms. The number of hydrogen-bond donors (Lipinski definition) is 1. The SMILES string of the molecule is C=CCNC(=O)Cc1ccc(N(Cc2ccccc2)C(=O)COc2ccccc2)cc1. The fourth-order valence-electron chi connectivity index (χ4n) is 3.06. The molecule has 3 aromatic rings. The lowest BCUT2D eigenvalue weighted by Gasteiger charge is -2.23. The maximum absolute atomic E-state index is 13.0. The second-order valence-electron chi connectivity index (χ2n) is 7.00. The van der Waals surface area contributed by atoms with Crippen LogP contribution in [0.15, 0.2) is 97.6 Å². The van der Waals surface area contributed by atoms with Crippen LogP contribution in [0.1, 0.15) is 11.1 Å². The van der Waals surface area contributed by atoms with E-state index in [9.17, 15) is 9.59 Å². The normalized spacial score (nSPS) is 10.2. The predicted molar refractivity (Wildman–Crippen MR) is 123 cm³/mol. The summed E-state index contributed by atoms with van der Waals surface area (Å²) in [5, 5.41) is 2.76. The van der Waals surface area contributed by atoms with E-state index in [1.165, 1.54) is 0 Å². The van der Waals surface area contributed by atoms with Crippen LogP contribution in [-0.4, -0.2) is 25.0 Å². The largest absolute Gasteiger partial charge is 0.484 e. The number of nitrogens with zero attached hydrogens (tertiary/aromatic N) is 1. The van der Waals surface area contributed by atoms with Gasteiger partial charge in [-0.25, -0.2) is 0 Å². The van der Waals surface area contributed by atoms with Crippen molar-refractivity contribution in [1.82, 2.24) is 5.32 Å². The Hall–Kier alpha value is -3.86. The van der Waals surface area contributed by atoms with Gasteiger partial charge in [0, 0.05) is 12.2 Å². The Morgan fingerprint density at radius 1 is 0.871 bits per heavy atom. The van der Waals surface area contributed by atoms with Crippen LogP contribution in [0.5, 0.6) is 5.75 Å². The fraction of sp³-hybridized carbons (Fsp3) is 0.154. The van der Waals surface area contributed by atoms with Crippen molar-refractivity contribution in [2.24, 2.45) is 0 Å². The van der Waals surface area contributed by atoms with Crippen LogP contribution in [0.25, 0.3) is 0 Å². The number of benzene rings is 3. The Labute approximate surface area is 183 Å². The molecule has 31 heavy (non-hydrogen) atoms. The number of amides is 2. The molecule has 3 aromatic carbocycles. The van der Waals surface area contributed by atoms with Gasteiger partial charge < -0.3 is 15.0 Å². The molecule has 0 aliphatic rings. The first kappa shape index (κ1) is 21.8. The highest BCUT2D eigenvalue weighted by molar-refractivity contribution is 5.94. The number of para-hydroxylation sites is 1. The van der Waals surface area contributed by atoms with E-state index in [0.29, 0.717) is 18.8 Å². The first-order valence-corrected chi connectivity index (χ1v) is 10.1. The average Bonchev–Trinajstić information content (AvgIpc) is 2.81. The second kappa shape index (κ2) is 11.4. The molecule has 5 nitrogen and oxygen atoms in total. The molecule has 0 aromatic heterocycles. The molecule has 0 saturated heterocycles. The molecule has 0 aliphatic carbocycles. The van der Waals surface area contributed by atoms with Crippen molar-refractivity contribution in [1.29, 1.82) is 0 Å². The van der Waals surface area contributed by atoms with E-state index in [2.05, 4.69) is 11.9 Å². The average molecular weight is 415 g/mol. The minimum Gasteiger partial charge on any atom is -0.484 e. The summed E-state index contributed by atoms with van der Waals surface area (Å²) in [6.45, 7) is 4.40. The molecule has 1 N–H and O–H groups in total. The zero-order valence-electron chi connectivity index (χ0n) is 17.4. The van der Waals surface area contributed by atoms with Gasteiger partial charge in [0.05, 0.1) is 13.0 Å². The summed E-state index contributed by atoms with van der Waals surface area (Å²) in [6.07, 6.45) is 1.92. The molecule has 2 amide bonds. The lowest BCUT2D eigenvalue weighted by atomic mass is 10.1. The van der Waals surface area contributed by atoms with Gasteiger partial charge in [-0.2, -0.15) is 0 Å². The minimum absolute atomic E-state index is 0.0669. The number of rotatable bonds is 10. The fourth-order valence-corrected chi connectivity index (χ4v) is 3.06. The highest BCUT2D eigenvalue weighted by Gasteiger charge is 2.17. The molecular weight excluding hydrogens is 388 g/mol. The third-order valence-electron chi connectivity index (χ3n) is 4.65. The van der Waals surface area contributed by atoms with Gasteiger partial charge in [0.2, 0.25) is 5.91 Å². The lowest BCUT2D eigenvalue weighted by molar-refractivity contribution is -0.121. The molecule has 0 aliphatic heterocycles. The van der Waals surface area contributed by atoms with Crippen LogP contribution < -0.4 is 15.0 Å². The summed E-state index contributed by atoms with van der Waals surface area (Å²) >= 11 is 0. The summed E-state index contributed by atoms with van der Waals surface area (Å²) in [7, 11) is 0. The van der Waals surface area contributed by atoms with Crippen LogP contribution in [0, 0.1) is 0 Å². The van der Waals surface area contributed by atoms with Gasteiger partial charge in [-0.1, -0.05) is 66.7 Å².